The first-order valence-corrected chi connectivity index (χ1v) is 7.10. The van der Waals surface area contributed by atoms with Crippen LogP contribution in [-0.2, 0) is 4.74 Å². The molecule has 110 valence electrons. The molecule has 0 bridgehead atoms. The highest BCUT2D eigenvalue weighted by atomic mass is 16.5. The third-order valence-corrected chi connectivity index (χ3v) is 3.74. The summed E-state index contributed by atoms with van der Waals surface area (Å²) in [5.74, 6) is 0.144. The average molecular weight is 278 g/mol. The van der Waals surface area contributed by atoms with Gasteiger partial charge in [-0.3, -0.25) is 0 Å². The Labute approximate surface area is 119 Å². The first kappa shape index (κ1) is 14.8. The van der Waals surface area contributed by atoms with Crippen molar-refractivity contribution < 1.29 is 14.3 Å². The second-order valence-corrected chi connectivity index (χ2v) is 5.23. The lowest BCUT2D eigenvalue weighted by Crippen LogP contribution is -2.38. The van der Waals surface area contributed by atoms with Gasteiger partial charge in [0.05, 0.1) is 18.4 Å². The summed E-state index contributed by atoms with van der Waals surface area (Å²) in [7, 11) is 1.36. The number of carbonyl (C=O) groups excluding carboxylic acids is 1. The van der Waals surface area contributed by atoms with Crippen LogP contribution in [0, 0.1) is 6.92 Å². The number of carbonyl (C=O) groups is 1. The Morgan fingerprint density at radius 1 is 1.30 bits per heavy atom. The molecule has 1 heterocycles. The molecule has 0 aromatic carbocycles. The maximum atomic E-state index is 11.5. The standard InChI is InChI=1S/C15H22N2O3/c1-10-11(15(18)19-2)8-9-14(17-10)20-13-7-5-3-4-6-12(13)16/h8-9,12-13H,3-7,16H2,1-2H3. The van der Waals surface area contributed by atoms with Crippen molar-refractivity contribution in [2.24, 2.45) is 5.73 Å². The fourth-order valence-electron chi connectivity index (χ4n) is 2.53. The third-order valence-electron chi connectivity index (χ3n) is 3.74. The highest BCUT2D eigenvalue weighted by molar-refractivity contribution is 5.90. The first-order chi connectivity index (χ1) is 9.61. The maximum absolute atomic E-state index is 11.5. The van der Waals surface area contributed by atoms with Crippen LogP contribution in [-0.4, -0.2) is 30.2 Å². The topological polar surface area (TPSA) is 74.4 Å². The van der Waals surface area contributed by atoms with Crippen LogP contribution in [0.3, 0.4) is 0 Å². The molecular formula is C15H22N2O3. The van der Waals surface area contributed by atoms with Gasteiger partial charge in [0.2, 0.25) is 5.88 Å². The van der Waals surface area contributed by atoms with E-state index >= 15 is 0 Å². The van der Waals surface area contributed by atoms with E-state index in [0.29, 0.717) is 17.1 Å². The van der Waals surface area contributed by atoms with Crippen LogP contribution < -0.4 is 10.5 Å². The van der Waals surface area contributed by atoms with Crippen LogP contribution in [0.5, 0.6) is 5.88 Å². The van der Waals surface area contributed by atoms with E-state index in [1.807, 2.05) is 0 Å². The zero-order valence-electron chi connectivity index (χ0n) is 12.1. The minimum Gasteiger partial charge on any atom is -0.473 e. The van der Waals surface area contributed by atoms with Crippen molar-refractivity contribution in [2.45, 2.75) is 51.2 Å². The molecule has 2 atom stereocenters. The number of pyridine rings is 1. The van der Waals surface area contributed by atoms with Crippen molar-refractivity contribution in [1.29, 1.82) is 0 Å². The monoisotopic (exact) mass is 278 g/mol. The first-order valence-electron chi connectivity index (χ1n) is 7.10. The van der Waals surface area contributed by atoms with Crippen molar-refractivity contribution >= 4 is 5.97 Å². The van der Waals surface area contributed by atoms with Crippen LogP contribution in [0.15, 0.2) is 12.1 Å². The van der Waals surface area contributed by atoms with Crippen LogP contribution in [0.25, 0.3) is 0 Å². The van der Waals surface area contributed by atoms with Crippen molar-refractivity contribution in [3.8, 4) is 5.88 Å². The quantitative estimate of drug-likeness (QED) is 0.678. The summed E-state index contributed by atoms with van der Waals surface area (Å²) in [6, 6.07) is 3.45. The molecule has 2 rings (SSSR count). The summed E-state index contributed by atoms with van der Waals surface area (Å²) in [5.41, 5.74) is 7.21. The van der Waals surface area contributed by atoms with Gasteiger partial charge in [0.15, 0.2) is 0 Å². The fourth-order valence-corrected chi connectivity index (χ4v) is 2.53. The fraction of sp³-hybridized carbons (Fsp3) is 0.600. The summed E-state index contributed by atoms with van der Waals surface area (Å²) >= 11 is 0. The van der Waals surface area contributed by atoms with Crippen molar-refractivity contribution in [3.05, 3.63) is 23.4 Å². The molecule has 2 unspecified atom stereocenters. The molecule has 1 aromatic rings. The predicted octanol–water partition coefficient (Wildman–Crippen LogP) is 2.22. The number of esters is 1. The van der Waals surface area contributed by atoms with Crippen LogP contribution in [0.2, 0.25) is 0 Å². The van der Waals surface area contributed by atoms with E-state index in [4.69, 9.17) is 15.2 Å². The van der Waals surface area contributed by atoms with E-state index in [1.54, 1.807) is 19.1 Å². The SMILES string of the molecule is COC(=O)c1ccc(OC2CCCCCC2N)nc1C. The Balaban J connectivity index is 2.09. The number of nitrogens with zero attached hydrogens (tertiary/aromatic N) is 1. The van der Waals surface area contributed by atoms with E-state index in [0.717, 1.165) is 25.7 Å². The van der Waals surface area contributed by atoms with Gasteiger partial charge in [-0.05, 0) is 32.3 Å². The number of hydrogen-bond donors (Lipinski definition) is 1. The number of aryl methyl sites for hydroxylation is 1. The van der Waals surface area contributed by atoms with Gasteiger partial charge >= 0.3 is 5.97 Å². The van der Waals surface area contributed by atoms with Crippen LogP contribution >= 0.6 is 0 Å². The van der Waals surface area contributed by atoms with Crippen LogP contribution in [0.4, 0.5) is 0 Å². The van der Waals surface area contributed by atoms with Gasteiger partial charge in [-0.25, -0.2) is 9.78 Å². The van der Waals surface area contributed by atoms with Crippen LogP contribution in [0.1, 0.15) is 48.2 Å². The van der Waals surface area contributed by atoms with Crippen molar-refractivity contribution in [2.75, 3.05) is 7.11 Å². The summed E-state index contributed by atoms with van der Waals surface area (Å²) < 4.78 is 10.6. The lowest BCUT2D eigenvalue weighted by atomic mass is 10.1. The van der Waals surface area contributed by atoms with Crippen molar-refractivity contribution in [1.82, 2.24) is 4.98 Å². The van der Waals surface area contributed by atoms with Gasteiger partial charge in [0, 0.05) is 12.1 Å². The Morgan fingerprint density at radius 2 is 2.05 bits per heavy atom. The predicted molar refractivity (Wildman–Crippen MR) is 75.8 cm³/mol. The number of aromatic nitrogens is 1. The Kier molecular flexibility index (Phi) is 4.95. The smallest absolute Gasteiger partial charge is 0.339 e. The van der Waals surface area contributed by atoms with Crippen molar-refractivity contribution in [3.63, 3.8) is 0 Å². The van der Waals surface area contributed by atoms with E-state index in [-0.39, 0.29) is 18.1 Å². The van der Waals surface area contributed by atoms with Gasteiger partial charge in [-0.2, -0.15) is 0 Å². The lowest BCUT2D eigenvalue weighted by Gasteiger charge is -2.22. The molecule has 0 radical (unpaired) electrons. The molecule has 5 nitrogen and oxygen atoms in total. The normalized spacial score (nSPS) is 22.9. The van der Waals surface area contributed by atoms with Gasteiger partial charge in [0.25, 0.3) is 0 Å². The molecule has 2 N–H and O–H groups in total. The summed E-state index contributed by atoms with van der Waals surface area (Å²) in [6.07, 6.45) is 5.46. The van der Waals surface area contributed by atoms with Gasteiger partial charge < -0.3 is 15.2 Å². The molecule has 1 aromatic heterocycles. The second-order valence-electron chi connectivity index (χ2n) is 5.23. The van der Waals surface area contributed by atoms with Gasteiger partial charge in [-0.15, -0.1) is 0 Å². The summed E-state index contributed by atoms with van der Waals surface area (Å²) in [5, 5.41) is 0. The largest absolute Gasteiger partial charge is 0.473 e. The molecule has 5 heteroatoms. The Hall–Kier alpha value is -1.62. The zero-order valence-corrected chi connectivity index (χ0v) is 12.1. The second kappa shape index (κ2) is 6.70. The minimum absolute atomic E-state index is 0.00776. The van der Waals surface area contributed by atoms with E-state index in [9.17, 15) is 4.79 Å². The number of nitrogens with two attached hydrogens (primary N) is 1. The zero-order chi connectivity index (χ0) is 14.5. The highest BCUT2D eigenvalue weighted by Crippen LogP contribution is 2.22. The molecule has 1 aliphatic carbocycles. The highest BCUT2D eigenvalue weighted by Gasteiger charge is 2.23. The molecule has 1 aliphatic rings. The number of ether oxygens (including phenoxy) is 2. The van der Waals surface area contributed by atoms with Gasteiger partial charge in [0.1, 0.15) is 6.10 Å². The Bertz CT molecular complexity index is 476. The number of hydrogen-bond acceptors (Lipinski definition) is 5. The number of methoxy groups -OCH3 is 1. The summed E-state index contributed by atoms with van der Waals surface area (Å²) in [4.78, 5) is 15.8. The lowest BCUT2D eigenvalue weighted by molar-refractivity contribution is 0.0599. The molecule has 0 amide bonds. The molecule has 1 saturated carbocycles. The molecule has 0 aliphatic heterocycles. The molecular weight excluding hydrogens is 256 g/mol. The average Bonchev–Trinajstić information content (AvgIpc) is 2.64. The molecule has 0 spiro atoms. The van der Waals surface area contributed by atoms with Gasteiger partial charge in [-0.1, -0.05) is 12.8 Å². The molecule has 1 fully saturated rings. The third kappa shape index (κ3) is 3.48. The van der Waals surface area contributed by atoms with E-state index < -0.39 is 0 Å². The minimum atomic E-state index is -0.382. The van der Waals surface area contributed by atoms with E-state index in [1.165, 1.54) is 13.5 Å². The number of rotatable bonds is 3. The molecule has 20 heavy (non-hydrogen) atoms. The summed E-state index contributed by atoms with van der Waals surface area (Å²) in [6.45, 7) is 1.77. The van der Waals surface area contributed by atoms with E-state index in [2.05, 4.69) is 4.98 Å². The Morgan fingerprint density at radius 3 is 2.75 bits per heavy atom. The molecule has 0 saturated heterocycles. The maximum Gasteiger partial charge on any atom is 0.339 e.